The van der Waals surface area contributed by atoms with Gasteiger partial charge in [-0.1, -0.05) is 0 Å². The van der Waals surface area contributed by atoms with E-state index in [0.717, 1.165) is 13.1 Å². The maximum Gasteiger partial charge on any atom is 0.221 e. The minimum absolute atomic E-state index is 0.00340. The lowest BCUT2D eigenvalue weighted by Gasteiger charge is -2.21. The van der Waals surface area contributed by atoms with Crippen LogP contribution in [0.25, 0.3) is 0 Å². The number of hydrogen-bond acceptors (Lipinski definition) is 5. The van der Waals surface area contributed by atoms with E-state index in [2.05, 4.69) is 20.9 Å². The van der Waals surface area contributed by atoms with E-state index in [4.69, 9.17) is 5.11 Å². The molecule has 0 saturated carbocycles. The topological polar surface area (TPSA) is 93.7 Å². The summed E-state index contributed by atoms with van der Waals surface area (Å²) >= 11 is 0. The summed E-state index contributed by atoms with van der Waals surface area (Å²) in [5, 5.41) is 17.1. The molecule has 4 N–H and O–H groups in total. The molecule has 0 fully saturated rings. The van der Waals surface area contributed by atoms with Crippen LogP contribution in [0, 0.1) is 0 Å². The quantitative estimate of drug-likeness (QED) is 0.329. The largest absolute Gasteiger partial charge is 0.395 e. The van der Waals surface area contributed by atoms with Crippen molar-refractivity contribution in [1.82, 2.24) is 20.9 Å². The number of rotatable bonds is 12. The maximum atomic E-state index is 11.5. The molecule has 0 bridgehead atoms. The molecule has 7 heteroatoms. The van der Waals surface area contributed by atoms with Crippen LogP contribution in [0.1, 0.15) is 19.8 Å². The lowest BCUT2D eigenvalue weighted by molar-refractivity contribution is -0.121. The van der Waals surface area contributed by atoms with Gasteiger partial charge >= 0.3 is 0 Å². The van der Waals surface area contributed by atoms with Crippen LogP contribution in [-0.2, 0) is 9.59 Å². The highest BCUT2D eigenvalue weighted by Crippen LogP contribution is 1.95. The highest BCUT2D eigenvalue weighted by molar-refractivity contribution is 5.76. The molecule has 0 aliphatic rings. The summed E-state index contributed by atoms with van der Waals surface area (Å²) in [4.78, 5) is 24.8. The number of carbonyl (C=O) groups is 2. The Balaban J connectivity index is 4.02. The van der Waals surface area contributed by atoms with Gasteiger partial charge in [-0.3, -0.25) is 9.59 Å². The van der Waals surface area contributed by atoms with Gasteiger partial charge in [0.2, 0.25) is 11.8 Å². The van der Waals surface area contributed by atoms with Crippen molar-refractivity contribution in [2.45, 2.75) is 19.8 Å². The summed E-state index contributed by atoms with van der Waals surface area (Å²) in [7, 11) is 1.62. The standard InChI is InChI=1S/C13H28N4O3/c1-3-16-13(20)5-9-17(8-4-12(19)14-2)10-6-15-7-11-18/h15,18H,3-11H2,1-2H3,(H,14,19)(H,16,20). The minimum Gasteiger partial charge on any atom is -0.395 e. The number of nitrogens with zero attached hydrogens (tertiary/aromatic N) is 1. The summed E-state index contributed by atoms with van der Waals surface area (Å²) in [5.74, 6) is 0.0251. The lowest BCUT2D eigenvalue weighted by atomic mass is 10.3. The Morgan fingerprint density at radius 3 is 2.25 bits per heavy atom. The van der Waals surface area contributed by atoms with Gasteiger partial charge < -0.3 is 26.0 Å². The monoisotopic (exact) mass is 288 g/mol. The van der Waals surface area contributed by atoms with Crippen LogP contribution in [0.2, 0.25) is 0 Å². The van der Waals surface area contributed by atoms with E-state index in [-0.39, 0.29) is 18.4 Å². The van der Waals surface area contributed by atoms with Crippen LogP contribution in [0.5, 0.6) is 0 Å². The number of aliphatic hydroxyl groups is 1. The molecule has 0 rings (SSSR count). The smallest absolute Gasteiger partial charge is 0.221 e. The van der Waals surface area contributed by atoms with Crippen molar-refractivity contribution < 1.29 is 14.7 Å². The molecule has 118 valence electrons. The average molecular weight is 288 g/mol. The third-order valence-electron chi connectivity index (χ3n) is 2.86. The summed E-state index contributed by atoms with van der Waals surface area (Å²) in [6.07, 6.45) is 0.855. The van der Waals surface area contributed by atoms with Crippen LogP contribution in [0.4, 0.5) is 0 Å². The van der Waals surface area contributed by atoms with Crippen LogP contribution >= 0.6 is 0 Å². The van der Waals surface area contributed by atoms with Crippen LogP contribution < -0.4 is 16.0 Å². The molecule has 0 unspecified atom stereocenters. The Hall–Kier alpha value is -1.18. The Morgan fingerprint density at radius 1 is 1.05 bits per heavy atom. The zero-order chi connectivity index (χ0) is 15.2. The summed E-state index contributed by atoms with van der Waals surface area (Å²) in [6.45, 7) is 5.91. The van der Waals surface area contributed by atoms with E-state index in [9.17, 15) is 9.59 Å². The first-order valence-electron chi connectivity index (χ1n) is 7.15. The van der Waals surface area contributed by atoms with Crippen LogP contribution in [0.15, 0.2) is 0 Å². The zero-order valence-electron chi connectivity index (χ0n) is 12.6. The fourth-order valence-electron chi connectivity index (χ4n) is 1.71. The fraction of sp³-hybridized carbons (Fsp3) is 0.846. The molecule has 2 amide bonds. The van der Waals surface area contributed by atoms with Gasteiger partial charge in [0, 0.05) is 59.2 Å². The van der Waals surface area contributed by atoms with Crippen molar-refractivity contribution >= 4 is 11.8 Å². The molecule has 0 aromatic carbocycles. The fourth-order valence-corrected chi connectivity index (χ4v) is 1.71. The number of aliphatic hydroxyl groups excluding tert-OH is 1. The summed E-state index contributed by atoms with van der Waals surface area (Å²) in [5.41, 5.74) is 0. The van der Waals surface area contributed by atoms with Gasteiger partial charge in [-0.15, -0.1) is 0 Å². The number of nitrogens with one attached hydrogen (secondary N) is 3. The first kappa shape index (κ1) is 18.8. The van der Waals surface area contributed by atoms with E-state index >= 15 is 0 Å². The van der Waals surface area contributed by atoms with Crippen molar-refractivity contribution in [3.63, 3.8) is 0 Å². The van der Waals surface area contributed by atoms with Crippen LogP contribution in [0.3, 0.4) is 0 Å². The third kappa shape index (κ3) is 10.7. The Labute approximate surface area is 121 Å². The van der Waals surface area contributed by atoms with E-state index < -0.39 is 0 Å². The Bertz CT molecular complexity index is 274. The van der Waals surface area contributed by atoms with E-state index in [1.54, 1.807) is 7.05 Å². The minimum atomic E-state index is -0.00340. The van der Waals surface area contributed by atoms with Crippen molar-refractivity contribution in [2.75, 3.05) is 52.9 Å². The van der Waals surface area contributed by atoms with Gasteiger partial charge in [-0.25, -0.2) is 0 Å². The maximum absolute atomic E-state index is 11.5. The van der Waals surface area contributed by atoms with Gasteiger partial charge in [-0.2, -0.15) is 0 Å². The average Bonchev–Trinajstić information content (AvgIpc) is 2.45. The summed E-state index contributed by atoms with van der Waals surface area (Å²) in [6, 6.07) is 0. The second-order valence-electron chi connectivity index (χ2n) is 4.44. The molecular formula is C13H28N4O3. The predicted octanol–water partition coefficient (Wildman–Crippen LogP) is -1.47. The van der Waals surface area contributed by atoms with Gasteiger partial charge in [0.05, 0.1) is 6.61 Å². The van der Waals surface area contributed by atoms with Crippen molar-refractivity contribution in [2.24, 2.45) is 0 Å². The van der Waals surface area contributed by atoms with Gasteiger partial charge in [0.25, 0.3) is 0 Å². The lowest BCUT2D eigenvalue weighted by Crippen LogP contribution is -2.38. The Morgan fingerprint density at radius 2 is 1.70 bits per heavy atom. The highest BCUT2D eigenvalue weighted by atomic mass is 16.3. The molecule has 0 spiro atoms. The predicted molar refractivity (Wildman–Crippen MR) is 78.4 cm³/mol. The van der Waals surface area contributed by atoms with Crippen molar-refractivity contribution in [3.05, 3.63) is 0 Å². The molecule has 0 heterocycles. The second-order valence-corrected chi connectivity index (χ2v) is 4.44. The number of carbonyl (C=O) groups excluding carboxylic acids is 2. The first-order chi connectivity index (χ1) is 9.63. The van der Waals surface area contributed by atoms with Gasteiger partial charge in [0.15, 0.2) is 0 Å². The van der Waals surface area contributed by atoms with E-state index in [1.807, 2.05) is 6.92 Å². The molecule has 0 atom stereocenters. The molecule has 0 aromatic heterocycles. The van der Waals surface area contributed by atoms with E-state index in [0.29, 0.717) is 39.0 Å². The van der Waals surface area contributed by atoms with Gasteiger partial charge in [0.1, 0.15) is 0 Å². The molecule has 0 radical (unpaired) electrons. The molecule has 0 saturated heterocycles. The molecule has 0 aromatic rings. The van der Waals surface area contributed by atoms with Crippen LogP contribution in [-0.4, -0.2) is 74.7 Å². The molecule has 20 heavy (non-hydrogen) atoms. The first-order valence-corrected chi connectivity index (χ1v) is 7.15. The SMILES string of the molecule is CCNC(=O)CCN(CCNCCO)CCC(=O)NC. The molecule has 0 aliphatic carbocycles. The summed E-state index contributed by atoms with van der Waals surface area (Å²) < 4.78 is 0. The molecule has 0 aliphatic heterocycles. The second kappa shape index (κ2) is 12.8. The molecular weight excluding hydrogens is 260 g/mol. The van der Waals surface area contributed by atoms with Crippen molar-refractivity contribution in [3.8, 4) is 0 Å². The zero-order valence-corrected chi connectivity index (χ0v) is 12.6. The van der Waals surface area contributed by atoms with Gasteiger partial charge in [-0.05, 0) is 6.92 Å². The number of hydrogen-bond donors (Lipinski definition) is 4. The van der Waals surface area contributed by atoms with E-state index in [1.165, 1.54) is 0 Å². The highest BCUT2D eigenvalue weighted by Gasteiger charge is 2.09. The normalized spacial score (nSPS) is 10.6. The number of amides is 2. The Kier molecular flexibility index (Phi) is 12.1. The van der Waals surface area contributed by atoms with Crippen molar-refractivity contribution in [1.29, 1.82) is 0 Å². The molecule has 7 nitrogen and oxygen atoms in total. The third-order valence-corrected chi connectivity index (χ3v) is 2.86.